The van der Waals surface area contributed by atoms with Gasteiger partial charge < -0.3 is 10.6 Å². The molecule has 0 radical (unpaired) electrons. The van der Waals surface area contributed by atoms with Crippen molar-refractivity contribution in [2.24, 2.45) is 0 Å². The second-order valence-electron chi connectivity index (χ2n) is 3.17. The molecular formula is C11H14N2. The van der Waals surface area contributed by atoms with Gasteiger partial charge in [-0.25, -0.2) is 0 Å². The highest BCUT2D eigenvalue weighted by Crippen LogP contribution is 2.13. The van der Waals surface area contributed by atoms with Crippen LogP contribution < -0.4 is 10.6 Å². The molecule has 1 aromatic rings. The second kappa shape index (κ2) is 3.52. The van der Waals surface area contributed by atoms with Gasteiger partial charge in [-0.05, 0) is 17.5 Å². The van der Waals surface area contributed by atoms with Crippen LogP contribution in [0.15, 0.2) is 30.5 Å². The van der Waals surface area contributed by atoms with Gasteiger partial charge >= 0.3 is 0 Å². The van der Waals surface area contributed by atoms with Crippen LogP contribution in [0.5, 0.6) is 0 Å². The van der Waals surface area contributed by atoms with E-state index in [2.05, 4.69) is 41.8 Å². The summed E-state index contributed by atoms with van der Waals surface area (Å²) in [6.07, 6.45) is 3.12. The molecule has 0 bridgehead atoms. The van der Waals surface area contributed by atoms with Gasteiger partial charge in [-0.15, -0.1) is 0 Å². The molecule has 2 N–H and O–H groups in total. The van der Waals surface area contributed by atoms with Crippen molar-refractivity contribution in [1.29, 1.82) is 0 Å². The minimum absolute atomic E-state index is 0.838. The third-order valence-corrected chi connectivity index (χ3v) is 2.30. The molecule has 2 heteroatoms. The molecule has 2 nitrogen and oxygen atoms in total. The van der Waals surface area contributed by atoms with Gasteiger partial charge in [-0.2, -0.15) is 0 Å². The van der Waals surface area contributed by atoms with Crippen molar-refractivity contribution >= 4 is 5.70 Å². The van der Waals surface area contributed by atoms with Crippen molar-refractivity contribution in [3.63, 3.8) is 0 Å². The molecule has 0 fully saturated rings. The van der Waals surface area contributed by atoms with Crippen LogP contribution in [-0.2, 0) is 6.42 Å². The molecule has 0 amide bonds. The van der Waals surface area contributed by atoms with Crippen molar-refractivity contribution in [3.05, 3.63) is 41.6 Å². The predicted octanol–water partition coefficient (Wildman–Crippen LogP) is 1.70. The fourth-order valence-electron chi connectivity index (χ4n) is 1.46. The van der Waals surface area contributed by atoms with Gasteiger partial charge in [0.15, 0.2) is 0 Å². The van der Waals surface area contributed by atoms with Crippen molar-refractivity contribution in [2.75, 3.05) is 6.67 Å². The molecule has 1 aliphatic heterocycles. The topological polar surface area (TPSA) is 24.1 Å². The Morgan fingerprint density at radius 1 is 1.23 bits per heavy atom. The minimum atomic E-state index is 0.838. The normalized spacial score (nSPS) is 14.7. The van der Waals surface area contributed by atoms with Gasteiger partial charge in [0.25, 0.3) is 0 Å². The minimum Gasteiger partial charge on any atom is -0.372 e. The van der Waals surface area contributed by atoms with Crippen LogP contribution in [0.25, 0.3) is 5.70 Å². The Kier molecular flexibility index (Phi) is 2.21. The largest absolute Gasteiger partial charge is 0.372 e. The zero-order valence-electron chi connectivity index (χ0n) is 7.80. The lowest BCUT2D eigenvalue weighted by Gasteiger charge is -2.03. The van der Waals surface area contributed by atoms with Gasteiger partial charge in [-0.1, -0.05) is 31.2 Å². The van der Waals surface area contributed by atoms with Crippen LogP contribution in [0, 0.1) is 0 Å². The standard InChI is InChI=1S/C11H14N2/c1-2-9-3-5-10(6-4-9)11-7-12-8-13-11/h3-7,12-13H,2,8H2,1H3. The van der Waals surface area contributed by atoms with E-state index in [1.54, 1.807) is 0 Å². The molecule has 1 aromatic carbocycles. The SMILES string of the molecule is CCc1ccc(C2=CNCN2)cc1. The number of nitrogens with one attached hydrogen (secondary N) is 2. The van der Waals surface area contributed by atoms with Crippen LogP contribution >= 0.6 is 0 Å². The lowest BCUT2D eigenvalue weighted by atomic mass is 10.1. The molecule has 68 valence electrons. The summed E-state index contributed by atoms with van der Waals surface area (Å²) in [6.45, 7) is 3.01. The summed E-state index contributed by atoms with van der Waals surface area (Å²) in [4.78, 5) is 0. The van der Waals surface area contributed by atoms with Crippen LogP contribution in [0.2, 0.25) is 0 Å². The predicted molar refractivity (Wildman–Crippen MR) is 54.9 cm³/mol. The van der Waals surface area contributed by atoms with E-state index >= 15 is 0 Å². The average Bonchev–Trinajstić information content (AvgIpc) is 2.71. The van der Waals surface area contributed by atoms with E-state index in [1.807, 2.05) is 6.20 Å². The van der Waals surface area contributed by atoms with E-state index in [0.29, 0.717) is 0 Å². The Morgan fingerprint density at radius 2 is 2.00 bits per heavy atom. The molecule has 13 heavy (non-hydrogen) atoms. The zero-order chi connectivity index (χ0) is 9.10. The van der Waals surface area contributed by atoms with Gasteiger partial charge in [0.2, 0.25) is 0 Å². The molecule has 0 aliphatic carbocycles. The summed E-state index contributed by atoms with van der Waals surface area (Å²) in [5.41, 5.74) is 3.82. The number of aryl methyl sites for hydroxylation is 1. The Balaban J connectivity index is 2.22. The summed E-state index contributed by atoms with van der Waals surface area (Å²) in [6, 6.07) is 8.67. The molecule has 0 atom stereocenters. The van der Waals surface area contributed by atoms with Crippen LogP contribution in [0.3, 0.4) is 0 Å². The van der Waals surface area contributed by atoms with E-state index in [0.717, 1.165) is 13.1 Å². The number of hydrogen-bond acceptors (Lipinski definition) is 2. The lowest BCUT2D eigenvalue weighted by molar-refractivity contribution is 0.842. The molecule has 0 aromatic heterocycles. The monoisotopic (exact) mass is 174 g/mol. The second-order valence-corrected chi connectivity index (χ2v) is 3.17. The van der Waals surface area contributed by atoms with Crippen molar-refractivity contribution in [1.82, 2.24) is 10.6 Å². The van der Waals surface area contributed by atoms with Crippen molar-refractivity contribution in [3.8, 4) is 0 Å². The van der Waals surface area contributed by atoms with E-state index in [4.69, 9.17) is 0 Å². The van der Waals surface area contributed by atoms with Gasteiger partial charge in [0.1, 0.15) is 0 Å². The van der Waals surface area contributed by atoms with E-state index < -0.39 is 0 Å². The molecule has 0 saturated carbocycles. The smallest absolute Gasteiger partial charge is 0.0846 e. The quantitative estimate of drug-likeness (QED) is 0.713. The molecule has 0 saturated heterocycles. The molecule has 0 spiro atoms. The molecule has 1 aliphatic rings. The van der Waals surface area contributed by atoms with E-state index in [-0.39, 0.29) is 0 Å². The molecule has 0 unspecified atom stereocenters. The summed E-state index contributed by atoms with van der Waals surface area (Å²) in [5, 5.41) is 6.39. The number of rotatable bonds is 2. The van der Waals surface area contributed by atoms with Crippen LogP contribution in [0.4, 0.5) is 0 Å². The fraction of sp³-hybridized carbons (Fsp3) is 0.273. The highest BCUT2D eigenvalue weighted by molar-refractivity contribution is 5.65. The average molecular weight is 174 g/mol. The lowest BCUT2D eigenvalue weighted by Crippen LogP contribution is -2.13. The van der Waals surface area contributed by atoms with Crippen LogP contribution in [-0.4, -0.2) is 6.67 Å². The summed E-state index contributed by atoms with van der Waals surface area (Å²) in [5.74, 6) is 0. The van der Waals surface area contributed by atoms with Gasteiger partial charge in [0, 0.05) is 6.20 Å². The van der Waals surface area contributed by atoms with Gasteiger partial charge in [-0.3, -0.25) is 0 Å². The maximum absolute atomic E-state index is 3.26. The highest BCUT2D eigenvalue weighted by Gasteiger charge is 2.04. The van der Waals surface area contributed by atoms with Gasteiger partial charge in [0.05, 0.1) is 12.4 Å². The first-order valence-electron chi connectivity index (χ1n) is 4.67. The van der Waals surface area contributed by atoms with Crippen molar-refractivity contribution in [2.45, 2.75) is 13.3 Å². The third-order valence-electron chi connectivity index (χ3n) is 2.30. The highest BCUT2D eigenvalue weighted by atomic mass is 15.1. The first-order valence-corrected chi connectivity index (χ1v) is 4.67. The number of hydrogen-bond donors (Lipinski definition) is 2. The van der Waals surface area contributed by atoms with Crippen LogP contribution in [0.1, 0.15) is 18.1 Å². The fourth-order valence-corrected chi connectivity index (χ4v) is 1.46. The van der Waals surface area contributed by atoms with E-state index in [9.17, 15) is 0 Å². The summed E-state index contributed by atoms with van der Waals surface area (Å²) >= 11 is 0. The summed E-state index contributed by atoms with van der Waals surface area (Å²) < 4.78 is 0. The molecule has 1 heterocycles. The van der Waals surface area contributed by atoms with Crippen molar-refractivity contribution < 1.29 is 0 Å². The summed E-state index contributed by atoms with van der Waals surface area (Å²) in [7, 11) is 0. The molecular weight excluding hydrogens is 160 g/mol. The maximum Gasteiger partial charge on any atom is 0.0846 e. The Hall–Kier alpha value is -1.44. The number of benzene rings is 1. The molecule has 2 rings (SSSR count). The Labute approximate surface area is 78.7 Å². The van der Waals surface area contributed by atoms with E-state index in [1.165, 1.54) is 16.8 Å². The first-order chi connectivity index (χ1) is 6.40. The zero-order valence-corrected chi connectivity index (χ0v) is 7.80. The third kappa shape index (κ3) is 1.66. The maximum atomic E-state index is 3.26. The Bertz CT molecular complexity index is 311. The Morgan fingerprint density at radius 3 is 2.54 bits per heavy atom. The first kappa shape index (κ1) is 8.17.